The minimum absolute atomic E-state index is 0.0913. The molecule has 1 aromatic heterocycles. The van der Waals surface area contributed by atoms with Crippen LogP contribution < -0.4 is 16.8 Å². The van der Waals surface area contributed by atoms with Crippen LogP contribution in [0, 0.1) is 0 Å². The van der Waals surface area contributed by atoms with Crippen LogP contribution in [0.2, 0.25) is 0 Å². The first-order valence-corrected chi connectivity index (χ1v) is 8.45. The highest BCUT2D eigenvalue weighted by Gasteiger charge is 2.11. The van der Waals surface area contributed by atoms with Crippen molar-refractivity contribution in [3.63, 3.8) is 0 Å². The van der Waals surface area contributed by atoms with Gasteiger partial charge in [0.15, 0.2) is 0 Å². The Bertz CT molecular complexity index is 843. The molecule has 1 amide bonds. The van der Waals surface area contributed by atoms with E-state index in [0.29, 0.717) is 6.54 Å². The van der Waals surface area contributed by atoms with Crippen LogP contribution in [0.15, 0.2) is 54.9 Å². The summed E-state index contributed by atoms with van der Waals surface area (Å²) in [7, 11) is 0. The number of nitrogens with two attached hydrogens (primary N) is 2. The van der Waals surface area contributed by atoms with E-state index in [1.165, 1.54) is 0 Å². The molecule has 0 saturated carbocycles. The van der Waals surface area contributed by atoms with Gasteiger partial charge < -0.3 is 16.8 Å². The van der Waals surface area contributed by atoms with Gasteiger partial charge in [-0.25, -0.2) is 4.98 Å². The van der Waals surface area contributed by atoms with Crippen LogP contribution >= 0.6 is 0 Å². The second-order valence-corrected chi connectivity index (χ2v) is 6.10. The predicted octanol–water partition coefficient (Wildman–Crippen LogP) is 2.42. The first-order chi connectivity index (χ1) is 12.2. The molecule has 1 heterocycles. The molecular weight excluding hydrogens is 314 g/mol. The number of carbonyl (C=O) groups is 1. The minimum atomic E-state index is -0.162. The molecule has 0 aliphatic heterocycles. The molecule has 0 aliphatic rings. The van der Waals surface area contributed by atoms with Crippen LogP contribution in [-0.2, 0) is 4.79 Å². The van der Waals surface area contributed by atoms with Gasteiger partial charge in [-0.05, 0) is 49.7 Å². The van der Waals surface area contributed by atoms with Gasteiger partial charge in [0, 0.05) is 23.8 Å². The van der Waals surface area contributed by atoms with Crippen LogP contribution in [0.4, 0.5) is 5.69 Å². The highest BCUT2D eigenvalue weighted by molar-refractivity contribution is 5.93. The van der Waals surface area contributed by atoms with Gasteiger partial charge in [-0.2, -0.15) is 0 Å². The van der Waals surface area contributed by atoms with E-state index in [-0.39, 0.29) is 18.4 Å². The molecular formula is C19H23N5O. The predicted molar refractivity (Wildman–Crippen MR) is 101 cm³/mol. The smallest absolute Gasteiger partial charge is 0.225 e. The van der Waals surface area contributed by atoms with Crippen LogP contribution in [0.5, 0.6) is 0 Å². The number of hydrogen-bond donors (Lipinski definition) is 3. The first-order valence-electron chi connectivity index (χ1n) is 8.45. The molecule has 5 N–H and O–H groups in total. The molecule has 6 nitrogen and oxygen atoms in total. The summed E-state index contributed by atoms with van der Waals surface area (Å²) in [5, 5.41) is 2.89. The van der Waals surface area contributed by atoms with E-state index in [9.17, 15) is 4.79 Å². The van der Waals surface area contributed by atoms with E-state index >= 15 is 0 Å². The highest BCUT2D eigenvalue weighted by atomic mass is 16.1. The van der Waals surface area contributed by atoms with Crippen molar-refractivity contribution in [2.75, 3.05) is 11.9 Å². The third-order valence-corrected chi connectivity index (χ3v) is 4.09. The van der Waals surface area contributed by atoms with Gasteiger partial charge in [0.2, 0.25) is 5.91 Å². The van der Waals surface area contributed by atoms with Crippen molar-refractivity contribution in [3.05, 3.63) is 54.9 Å². The number of amides is 1. The fourth-order valence-electron chi connectivity index (χ4n) is 2.82. The summed E-state index contributed by atoms with van der Waals surface area (Å²) in [5.41, 5.74) is 15.0. The van der Waals surface area contributed by atoms with Crippen molar-refractivity contribution in [1.82, 2.24) is 9.55 Å². The largest absolute Gasteiger partial charge is 0.330 e. The number of hydrogen-bond acceptors (Lipinski definition) is 4. The summed E-state index contributed by atoms with van der Waals surface area (Å²) in [6.07, 6.45) is 3.66. The SMILES string of the molecule is NCCC[C@@H](N)CC(=O)Nc1ccc2c(c1)ncn2-c1ccccc1. The molecule has 0 saturated heterocycles. The number of benzene rings is 2. The highest BCUT2D eigenvalue weighted by Crippen LogP contribution is 2.21. The van der Waals surface area contributed by atoms with E-state index in [1.54, 1.807) is 6.33 Å². The molecule has 6 heteroatoms. The van der Waals surface area contributed by atoms with E-state index in [0.717, 1.165) is 35.2 Å². The fourth-order valence-corrected chi connectivity index (χ4v) is 2.82. The number of anilines is 1. The minimum Gasteiger partial charge on any atom is -0.330 e. The van der Waals surface area contributed by atoms with Crippen LogP contribution in [0.3, 0.4) is 0 Å². The second kappa shape index (κ2) is 7.92. The Kier molecular flexibility index (Phi) is 5.42. The molecule has 1 atom stereocenters. The Balaban J connectivity index is 1.71. The first kappa shape index (κ1) is 17.1. The van der Waals surface area contributed by atoms with Crippen LogP contribution in [0.1, 0.15) is 19.3 Å². The van der Waals surface area contributed by atoms with E-state index in [1.807, 2.05) is 53.1 Å². The van der Waals surface area contributed by atoms with Gasteiger partial charge in [-0.3, -0.25) is 9.36 Å². The van der Waals surface area contributed by atoms with Crippen molar-refractivity contribution in [1.29, 1.82) is 0 Å². The van der Waals surface area contributed by atoms with E-state index in [2.05, 4.69) is 10.3 Å². The summed E-state index contributed by atoms with van der Waals surface area (Å²) < 4.78 is 2.02. The summed E-state index contributed by atoms with van der Waals surface area (Å²) in [5.74, 6) is -0.0913. The maximum Gasteiger partial charge on any atom is 0.225 e. The second-order valence-electron chi connectivity index (χ2n) is 6.10. The third-order valence-electron chi connectivity index (χ3n) is 4.09. The maximum absolute atomic E-state index is 12.1. The summed E-state index contributed by atoms with van der Waals surface area (Å²) in [6, 6.07) is 15.6. The van der Waals surface area contributed by atoms with Gasteiger partial charge in [-0.15, -0.1) is 0 Å². The fraction of sp³-hybridized carbons (Fsp3) is 0.263. The number of carbonyl (C=O) groups excluding carboxylic acids is 1. The van der Waals surface area contributed by atoms with E-state index < -0.39 is 0 Å². The third kappa shape index (κ3) is 4.23. The molecule has 0 aliphatic carbocycles. The molecule has 130 valence electrons. The van der Waals surface area contributed by atoms with Crippen molar-refractivity contribution in [2.24, 2.45) is 11.5 Å². The van der Waals surface area contributed by atoms with Crippen molar-refractivity contribution < 1.29 is 4.79 Å². The van der Waals surface area contributed by atoms with Gasteiger partial charge in [0.1, 0.15) is 6.33 Å². The standard InChI is InChI=1S/C19H23N5O/c20-10-4-5-14(21)11-19(25)23-15-8-9-18-17(12-15)22-13-24(18)16-6-2-1-3-7-16/h1-3,6-9,12-14H,4-5,10-11,20-21H2,(H,23,25)/t14-/m1/s1. The van der Waals surface area contributed by atoms with Gasteiger partial charge >= 0.3 is 0 Å². The normalized spacial score (nSPS) is 12.2. The Morgan fingerprint density at radius 1 is 1.20 bits per heavy atom. The molecule has 0 bridgehead atoms. The zero-order valence-corrected chi connectivity index (χ0v) is 14.1. The van der Waals surface area contributed by atoms with Gasteiger partial charge in [0.05, 0.1) is 11.0 Å². The lowest BCUT2D eigenvalue weighted by Gasteiger charge is -2.11. The van der Waals surface area contributed by atoms with Crippen molar-refractivity contribution in [3.8, 4) is 5.69 Å². The molecule has 3 rings (SSSR count). The number of para-hydroxylation sites is 1. The van der Waals surface area contributed by atoms with Crippen LogP contribution in [0.25, 0.3) is 16.7 Å². The lowest BCUT2D eigenvalue weighted by Crippen LogP contribution is -2.27. The lowest BCUT2D eigenvalue weighted by atomic mass is 10.1. The molecule has 3 aromatic rings. The molecule has 0 spiro atoms. The number of fused-ring (bicyclic) bond motifs is 1. The average Bonchev–Trinajstić information content (AvgIpc) is 3.03. The summed E-state index contributed by atoms with van der Waals surface area (Å²) >= 11 is 0. The number of nitrogens with zero attached hydrogens (tertiary/aromatic N) is 2. The maximum atomic E-state index is 12.1. The monoisotopic (exact) mass is 337 g/mol. The number of nitrogens with one attached hydrogen (secondary N) is 1. The molecule has 25 heavy (non-hydrogen) atoms. The summed E-state index contributed by atoms with van der Waals surface area (Å²) in [6.45, 7) is 0.593. The number of imidazole rings is 1. The van der Waals surface area contributed by atoms with Crippen LogP contribution in [-0.4, -0.2) is 28.0 Å². The lowest BCUT2D eigenvalue weighted by molar-refractivity contribution is -0.116. The average molecular weight is 337 g/mol. The summed E-state index contributed by atoms with van der Waals surface area (Å²) in [4.78, 5) is 16.5. The van der Waals surface area contributed by atoms with Gasteiger partial charge in [0.25, 0.3) is 0 Å². The Hall–Kier alpha value is -2.70. The van der Waals surface area contributed by atoms with Crippen molar-refractivity contribution in [2.45, 2.75) is 25.3 Å². The zero-order valence-electron chi connectivity index (χ0n) is 14.1. The number of aromatic nitrogens is 2. The zero-order chi connectivity index (χ0) is 17.6. The molecule has 0 radical (unpaired) electrons. The Morgan fingerprint density at radius 3 is 2.76 bits per heavy atom. The van der Waals surface area contributed by atoms with E-state index in [4.69, 9.17) is 11.5 Å². The molecule has 0 unspecified atom stereocenters. The molecule has 2 aromatic carbocycles. The number of rotatable bonds is 7. The topological polar surface area (TPSA) is 99.0 Å². The Morgan fingerprint density at radius 2 is 2.00 bits per heavy atom. The Labute approximate surface area is 146 Å². The van der Waals surface area contributed by atoms with Crippen molar-refractivity contribution >= 4 is 22.6 Å². The van der Waals surface area contributed by atoms with Gasteiger partial charge in [-0.1, -0.05) is 18.2 Å². The quantitative estimate of drug-likeness (QED) is 0.616. The molecule has 0 fully saturated rings.